The van der Waals surface area contributed by atoms with Crippen molar-refractivity contribution < 1.29 is 14.3 Å². The van der Waals surface area contributed by atoms with Crippen LogP contribution in [-0.2, 0) is 21.5 Å². The number of nitrogens with one attached hydrogen (secondary N) is 1. The summed E-state index contributed by atoms with van der Waals surface area (Å²) in [5, 5.41) is 3.73. The smallest absolute Gasteiger partial charge is 0.251 e. The average molecular weight is 516 g/mol. The number of para-hydroxylation sites is 1. The molecule has 190 valence electrons. The largest absolute Gasteiger partial charge is 0.379 e. The van der Waals surface area contributed by atoms with Crippen molar-refractivity contribution in [1.29, 1.82) is 0 Å². The van der Waals surface area contributed by atoms with Gasteiger partial charge in [0.15, 0.2) is 0 Å². The van der Waals surface area contributed by atoms with Gasteiger partial charge < -0.3 is 15.0 Å². The standard InChI is InChI=1S/C30H30ClN3O3/c31-24-10-8-22(9-11-24)26-19-30(26)25-6-1-2-7-27(25)34(29(30)36)20-21-4-3-5-23(18-21)28(35)32-12-13-33-14-16-37-17-15-33/h1-11,18,26H,12-17,19-20H2,(H,32,35)/t26-,30-/m1/s1. The van der Waals surface area contributed by atoms with Crippen LogP contribution in [0.4, 0.5) is 5.69 Å². The Balaban J connectivity index is 1.17. The molecular formula is C30H30ClN3O3. The number of hydrogen-bond acceptors (Lipinski definition) is 4. The predicted octanol–water partition coefficient (Wildman–Crippen LogP) is 4.37. The van der Waals surface area contributed by atoms with Crippen LogP contribution in [0.3, 0.4) is 0 Å². The molecular weight excluding hydrogens is 486 g/mol. The summed E-state index contributed by atoms with van der Waals surface area (Å²) in [6.07, 6.45) is 0.798. The Labute approximate surface area is 222 Å². The second-order valence-corrected chi connectivity index (χ2v) is 10.5. The SMILES string of the molecule is O=C(NCCN1CCOCC1)c1cccc(CN2C(=O)[C@]3(C[C@@H]3c3ccc(Cl)cc3)c3ccccc32)c1. The first kappa shape index (κ1) is 24.2. The molecule has 3 aromatic rings. The number of halogens is 1. The summed E-state index contributed by atoms with van der Waals surface area (Å²) in [5.74, 6) is 0.186. The zero-order valence-electron chi connectivity index (χ0n) is 20.7. The van der Waals surface area contributed by atoms with Crippen LogP contribution in [0.25, 0.3) is 0 Å². The first-order chi connectivity index (χ1) is 18.1. The molecule has 2 heterocycles. The summed E-state index contributed by atoms with van der Waals surface area (Å²) in [7, 11) is 0. The Morgan fingerprint density at radius 1 is 1.03 bits per heavy atom. The molecule has 0 unspecified atom stereocenters. The molecule has 6 rings (SSSR count). The summed E-state index contributed by atoms with van der Waals surface area (Å²) in [6, 6.07) is 23.5. The first-order valence-corrected chi connectivity index (χ1v) is 13.3. The maximum atomic E-state index is 13.9. The number of amides is 2. The van der Waals surface area contributed by atoms with Gasteiger partial charge in [-0.1, -0.05) is 54.1 Å². The van der Waals surface area contributed by atoms with Gasteiger partial charge in [0, 0.05) is 48.4 Å². The lowest BCUT2D eigenvalue weighted by molar-refractivity contribution is -0.120. The zero-order valence-corrected chi connectivity index (χ0v) is 21.4. The van der Waals surface area contributed by atoms with Gasteiger partial charge in [0.1, 0.15) is 0 Å². The number of nitrogens with zero attached hydrogens (tertiary/aromatic N) is 2. The molecule has 0 radical (unpaired) electrons. The summed E-state index contributed by atoms with van der Waals surface area (Å²) >= 11 is 6.10. The Morgan fingerprint density at radius 3 is 2.62 bits per heavy atom. The maximum Gasteiger partial charge on any atom is 0.251 e. The molecule has 1 aliphatic carbocycles. The molecule has 3 aromatic carbocycles. The molecule has 2 atom stereocenters. The maximum absolute atomic E-state index is 13.9. The molecule has 1 saturated heterocycles. The zero-order chi connectivity index (χ0) is 25.4. The van der Waals surface area contributed by atoms with E-state index in [0.717, 1.165) is 61.6 Å². The Morgan fingerprint density at radius 2 is 1.81 bits per heavy atom. The quantitative estimate of drug-likeness (QED) is 0.507. The topological polar surface area (TPSA) is 61.9 Å². The van der Waals surface area contributed by atoms with Crippen LogP contribution < -0.4 is 10.2 Å². The molecule has 2 aliphatic heterocycles. The van der Waals surface area contributed by atoms with Crippen molar-refractivity contribution in [3.63, 3.8) is 0 Å². The van der Waals surface area contributed by atoms with Gasteiger partial charge in [-0.25, -0.2) is 0 Å². The predicted molar refractivity (Wildman–Crippen MR) is 144 cm³/mol. The van der Waals surface area contributed by atoms with E-state index in [1.165, 1.54) is 0 Å². The van der Waals surface area contributed by atoms with E-state index in [9.17, 15) is 9.59 Å². The number of fused-ring (bicyclic) bond motifs is 2. The summed E-state index contributed by atoms with van der Waals surface area (Å²) < 4.78 is 5.38. The van der Waals surface area contributed by atoms with E-state index in [0.29, 0.717) is 23.7 Å². The van der Waals surface area contributed by atoms with Crippen LogP contribution in [-0.4, -0.2) is 56.1 Å². The van der Waals surface area contributed by atoms with E-state index < -0.39 is 5.41 Å². The van der Waals surface area contributed by atoms with Gasteiger partial charge in [0.25, 0.3) is 5.91 Å². The van der Waals surface area contributed by atoms with Gasteiger partial charge in [0.05, 0.1) is 25.2 Å². The van der Waals surface area contributed by atoms with Gasteiger partial charge in [-0.05, 0) is 53.4 Å². The number of morpholine rings is 1. The van der Waals surface area contributed by atoms with Crippen LogP contribution >= 0.6 is 11.6 Å². The molecule has 1 saturated carbocycles. The number of ether oxygens (including phenoxy) is 1. The number of carbonyl (C=O) groups is 2. The van der Waals surface area contributed by atoms with E-state index >= 15 is 0 Å². The normalized spacial score (nSPS) is 22.8. The highest BCUT2D eigenvalue weighted by Crippen LogP contribution is 2.66. The number of anilines is 1. The third kappa shape index (κ3) is 4.54. The molecule has 0 bridgehead atoms. The molecule has 3 aliphatic rings. The number of rotatable bonds is 7. The fourth-order valence-corrected chi connectivity index (χ4v) is 5.98. The van der Waals surface area contributed by atoms with Crippen LogP contribution in [0.1, 0.15) is 39.4 Å². The van der Waals surface area contributed by atoms with Crippen molar-refractivity contribution in [2.45, 2.75) is 24.3 Å². The highest BCUT2D eigenvalue weighted by atomic mass is 35.5. The molecule has 6 nitrogen and oxygen atoms in total. The van der Waals surface area contributed by atoms with Crippen molar-refractivity contribution in [3.05, 3.63) is 100 Å². The van der Waals surface area contributed by atoms with Crippen LogP contribution in [0.15, 0.2) is 72.8 Å². The number of benzene rings is 3. The fraction of sp³-hybridized carbons (Fsp3) is 0.333. The van der Waals surface area contributed by atoms with Crippen LogP contribution in [0, 0.1) is 0 Å². The lowest BCUT2D eigenvalue weighted by atomic mass is 9.92. The number of carbonyl (C=O) groups excluding carboxylic acids is 2. The minimum atomic E-state index is -0.515. The Bertz CT molecular complexity index is 1320. The van der Waals surface area contributed by atoms with Crippen molar-refractivity contribution in [1.82, 2.24) is 10.2 Å². The van der Waals surface area contributed by atoms with E-state index in [2.05, 4.69) is 16.3 Å². The third-order valence-corrected chi connectivity index (χ3v) is 8.13. The highest BCUT2D eigenvalue weighted by Gasteiger charge is 2.67. The van der Waals surface area contributed by atoms with E-state index in [1.807, 2.05) is 71.6 Å². The second-order valence-electron chi connectivity index (χ2n) is 10.1. The molecule has 0 aromatic heterocycles. The first-order valence-electron chi connectivity index (χ1n) is 12.9. The van der Waals surface area contributed by atoms with Gasteiger partial charge in [-0.3, -0.25) is 14.5 Å². The van der Waals surface area contributed by atoms with Crippen molar-refractivity contribution in [2.75, 3.05) is 44.3 Å². The lowest BCUT2D eigenvalue weighted by Gasteiger charge is -2.26. The molecule has 2 fully saturated rings. The van der Waals surface area contributed by atoms with Crippen molar-refractivity contribution >= 4 is 29.1 Å². The summed E-state index contributed by atoms with van der Waals surface area (Å²) in [6.45, 7) is 5.13. The lowest BCUT2D eigenvalue weighted by Crippen LogP contribution is -2.41. The van der Waals surface area contributed by atoms with Crippen LogP contribution in [0.5, 0.6) is 0 Å². The van der Waals surface area contributed by atoms with Crippen molar-refractivity contribution in [3.8, 4) is 0 Å². The monoisotopic (exact) mass is 515 g/mol. The second kappa shape index (κ2) is 9.93. The number of hydrogen-bond donors (Lipinski definition) is 1. The molecule has 7 heteroatoms. The minimum absolute atomic E-state index is 0.0928. The molecule has 1 N–H and O–H groups in total. The third-order valence-electron chi connectivity index (χ3n) is 7.88. The fourth-order valence-electron chi connectivity index (χ4n) is 5.85. The highest BCUT2D eigenvalue weighted by molar-refractivity contribution is 6.30. The molecule has 37 heavy (non-hydrogen) atoms. The van der Waals surface area contributed by atoms with Gasteiger partial charge >= 0.3 is 0 Å². The summed E-state index contributed by atoms with van der Waals surface area (Å²) in [4.78, 5) is 30.9. The van der Waals surface area contributed by atoms with E-state index in [1.54, 1.807) is 0 Å². The van der Waals surface area contributed by atoms with E-state index in [4.69, 9.17) is 16.3 Å². The molecule has 2 amide bonds. The van der Waals surface area contributed by atoms with Gasteiger partial charge in [-0.2, -0.15) is 0 Å². The van der Waals surface area contributed by atoms with Gasteiger partial charge in [0.2, 0.25) is 5.91 Å². The van der Waals surface area contributed by atoms with Crippen molar-refractivity contribution in [2.24, 2.45) is 0 Å². The Kier molecular flexibility index (Phi) is 6.49. The minimum Gasteiger partial charge on any atom is -0.379 e. The summed E-state index contributed by atoms with van der Waals surface area (Å²) in [5.41, 5.74) is 4.23. The van der Waals surface area contributed by atoms with Crippen LogP contribution in [0.2, 0.25) is 5.02 Å². The van der Waals surface area contributed by atoms with Gasteiger partial charge in [-0.15, -0.1) is 0 Å². The molecule has 1 spiro atoms. The Hall–Kier alpha value is -3.19. The average Bonchev–Trinajstić information content (AvgIpc) is 3.64. The van der Waals surface area contributed by atoms with E-state index in [-0.39, 0.29) is 17.7 Å².